The van der Waals surface area contributed by atoms with Crippen molar-refractivity contribution in [2.75, 3.05) is 0 Å². The number of aromatic nitrogens is 1. The molecule has 0 saturated heterocycles. The zero-order chi connectivity index (χ0) is 30.2. The van der Waals surface area contributed by atoms with Crippen molar-refractivity contribution in [3.8, 4) is 50.6 Å². The Morgan fingerprint density at radius 3 is 2.00 bits per heavy atom. The quantitative estimate of drug-likeness (QED) is 0.201. The summed E-state index contributed by atoms with van der Waals surface area (Å²) in [6, 6.07) is 59.0. The minimum absolute atomic E-state index is 0.909. The lowest BCUT2D eigenvalue weighted by molar-refractivity contribution is 0.487. The Morgan fingerprint density at radius 2 is 1.09 bits per heavy atom. The smallest absolute Gasteiger partial charge is 0.135 e. The molecule has 0 fully saturated rings. The summed E-state index contributed by atoms with van der Waals surface area (Å²) in [4.78, 5) is 0. The Balaban J connectivity index is 1.25. The van der Waals surface area contributed by atoms with E-state index in [0.29, 0.717) is 0 Å². The molecule has 9 aromatic rings. The molecule has 1 aliphatic rings. The summed E-state index contributed by atoms with van der Waals surface area (Å²) in [6.45, 7) is 0. The van der Waals surface area contributed by atoms with Crippen LogP contribution in [0.5, 0.6) is 11.5 Å². The highest BCUT2D eigenvalue weighted by atomic mass is 16.5. The molecule has 2 nitrogen and oxygen atoms in total. The summed E-state index contributed by atoms with van der Waals surface area (Å²) in [5.74, 6) is 1.82. The van der Waals surface area contributed by atoms with Crippen molar-refractivity contribution in [2.45, 2.75) is 0 Å². The molecule has 2 heteroatoms. The summed E-state index contributed by atoms with van der Waals surface area (Å²) in [6.07, 6.45) is 0. The first-order valence-corrected chi connectivity index (χ1v) is 15.8. The molecule has 0 radical (unpaired) electrons. The lowest BCUT2D eigenvalue weighted by Crippen LogP contribution is -1.97. The van der Waals surface area contributed by atoms with E-state index in [0.717, 1.165) is 22.7 Å². The SMILES string of the molecule is c1ccc(-n2c3ccccc3c3c(-c4cccc(-c5ccc6c7c(cccc57)-c5ccccc5O6)c4)cc4ccccc4c32)cc1. The van der Waals surface area contributed by atoms with Gasteiger partial charge in [0, 0.05) is 32.8 Å². The third kappa shape index (κ3) is 3.59. The first-order valence-electron chi connectivity index (χ1n) is 15.8. The molecular formula is C44H27NO. The average Bonchev–Trinajstić information content (AvgIpc) is 3.48. The fourth-order valence-electron chi connectivity index (χ4n) is 7.59. The third-order valence-electron chi connectivity index (χ3n) is 9.56. The van der Waals surface area contributed by atoms with Crippen molar-refractivity contribution in [1.29, 1.82) is 0 Å². The Morgan fingerprint density at radius 1 is 0.391 bits per heavy atom. The summed E-state index contributed by atoms with van der Waals surface area (Å²) in [5.41, 5.74) is 10.8. The van der Waals surface area contributed by atoms with Crippen LogP contribution in [0.15, 0.2) is 164 Å². The highest BCUT2D eigenvalue weighted by Crippen LogP contribution is 2.49. The van der Waals surface area contributed by atoms with E-state index < -0.39 is 0 Å². The highest BCUT2D eigenvalue weighted by Gasteiger charge is 2.22. The third-order valence-corrected chi connectivity index (χ3v) is 9.56. The van der Waals surface area contributed by atoms with E-state index in [-0.39, 0.29) is 0 Å². The van der Waals surface area contributed by atoms with E-state index in [1.165, 1.54) is 71.2 Å². The molecule has 0 spiro atoms. The second kappa shape index (κ2) is 9.69. The fourth-order valence-corrected chi connectivity index (χ4v) is 7.59. The lowest BCUT2D eigenvalue weighted by Gasteiger charge is -2.22. The Bertz CT molecular complexity index is 2660. The topological polar surface area (TPSA) is 14.2 Å². The van der Waals surface area contributed by atoms with Gasteiger partial charge in [-0.25, -0.2) is 0 Å². The van der Waals surface area contributed by atoms with Gasteiger partial charge in [0.15, 0.2) is 0 Å². The minimum atomic E-state index is 0.909. The van der Waals surface area contributed by atoms with E-state index in [4.69, 9.17) is 4.74 Å². The first kappa shape index (κ1) is 25.2. The maximum absolute atomic E-state index is 6.40. The Hall–Kier alpha value is -6.12. The van der Waals surface area contributed by atoms with E-state index >= 15 is 0 Å². The van der Waals surface area contributed by atoms with Gasteiger partial charge in [0.25, 0.3) is 0 Å². The van der Waals surface area contributed by atoms with Gasteiger partial charge in [0.05, 0.1) is 11.0 Å². The number of benzene rings is 8. The van der Waals surface area contributed by atoms with Gasteiger partial charge in [-0.15, -0.1) is 0 Å². The molecule has 0 aliphatic carbocycles. The molecule has 214 valence electrons. The predicted octanol–water partition coefficient (Wildman–Crippen LogP) is 12.2. The van der Waals surface area contributed by atoms with Crippen LogP contribution in [0.2, 0.25) is 0 Å². The molecule has 10 rings (SSSR count). The van der Waals surface area contributed by atoms with Gasteiger partial charge in [0.2, 0.25) is 0 Å². The summed E-state index contributed by atoms with van der Waals surface area (Å²) in [5, 5.41) is 7.38. The first-order chi connectivity index (χ1) is 22.8. The average molecular weight is 586 g/mol. The van der Waals surface area contributed by atoms with Crippen LogP contribution >= 0.6 is 0 Å². The molecule has 0 saturated carbocycles. The Labute approximate surface area is 266 Å². The van der Waals surface area contributed by atoms with Gasteiger partial charge in [-0.3, -0.25) is 0 Å². The largest absolute Gasteiger partial charge is 0.456 e. The summed E-state index contributed by atoms with van der Waals surface area (Å²) in [7, 11) is 0. The van der Waals surface area contributed by atoms with Gasteiger partial charge in [0.1, 0.15) is 11.5 Å². The van der Waals surface area contributed by atoms with Crippen LogP contribution in [-0.2, 0) is 0 Å². The zero-order valence-electron chi connectivity index (χ0n) is 24.9. The molecule has 46 heavy (non-hydrogen) atoms. The Kier molecular flexibility index (Phi) is 5.31. The number of rotatable bonds is 3. The minimum Gasteiger partial charge on any atom is -0.456 e. The number of para-hydroxylation sites is 3. The van der Waals surface area contributed by atoms with Crippen molar-refractivity contribution in [3.63, 3.8) is 0 Å². The number of nitrogens with zero attached hydrogens (tertiary/aromatic N) is 1. The van der Waals surface area contributed by atoms with Gasteiger partial charge in [-0.05, 0) is 81.1 Å². The van der Waals surface area contributed by atoms with Crippen molar-refractivity contribution in [2.24, 2.45) is 0 Å². The molecule has 1 aromatic heterocycles. The van der Waals surface area contributed by atoms with Crippen LogP contribution in [0, 0.1) is 0 Å². The van der Waals surface area contributed by atoms with Gasteiger partial charge in [-0.2, -0.15) is 0 Å². The highest BCUT2D eigenvalue weighted by molar-refractivity contribution is 6.24. The van der Waals surface area contributed by atoms with Crippen LogP contribution in [0.3, 0.4) is 0 Å². The molecular weight excluding hydrogens is 558 g/mol. The van der Waals surface area contributed by atoms with E-state index in [1.54, 1.807) is 0 Å². The molecule has 0 atom stereocenters. The van der Waals surface area contributed by atoms with Gasteiger partial charge < -0.3 is 9.30 Å². The van der Waals surface area contributed by atoms with E-state index in [2.05, 4.69) is 156 Å². The van der Waals surface area contributed by atoms with Crippen LogP contribution in [0.1, 0.15) is 0 Å². The van der Waals surface area contributed by atoms with E-state index in [9.17, 15) is 0 Å². The van der Waals surface area contributed by atoms with Crippen LogP contribution in [0.25, 0.3) is 82.4 Å². The molecule has 0 amide bonds. The molecule has 0 unspecified atom stereocenters. The van der Waals surface area contributed by atoms with Crippen molar-refractivity contribution < 1.29 is 4.74 Å². The molecule has 1 aliphatic heterocycles. The van der Waals surface area contributed by atoms with Crippen LogP contribution < -0.4 is 4.74 Å². The summed E-state index contributed by atoms with van der Waals surface area (Å²) < 4.78 is 8.83. The predicted molar refractivity (Wildman–Crippen MR) is 192 cm³/mol. The van der Waals surface area contributed by atoms with Crippen LogP contribution in [-0.4, -0.2) is 4.57 Å². The van der Waals surface area contributed by atoms with E-state index in [1.807, 2.05) is 12.1 Å². The number of fused-ring (bicyclic) bond motifs is 7. The lowest BCUT2D eigenvalue weighted by atomic mass is 9.89. The molecule has 8 aromatic carbocycles. The fraction of sp³-hybridized carbons (Fsp3) is 0. The second-order valence-corrected chi connectivity index (χ2v) is 12.1. The van der Waals surface area contributed by atoms with Crippen LogP contribution in [0.4, 0.5) is 0 Å². The van der Waals surface area contributed by atoms with Crippen molar-refractivity contribution in [1.82, 2.24) is 4.57 Å². The monoisotopic (exact) mass is 585 g/mol. The van der Waals surface area contributed by atoms with Gasteiger partial charge >= 0.3 is 0 Å². The molecule has 0 bridgehead atoms. The zero-order valence-corrected chi connectivity index (χ0v) is 24.9. The summed E-state index contributed by atoms with van der Waals surface area (Å²) >= 11 is 0. The van der Waals surface area contributed by atoms with Gasteiger partial charge in [-0.1, -0.05) is 121 Å². The maximum atomic E-state index is 6.40. The maximum Gasteiger partial charge on any atom is 0.135 e. The normalized spacial score (nSPS) is 12.1. The van der Waals surface area contributed by atoms with Crippen molar-refractivity contribution in [3.05, 3.63) is 164 Å². The number of hydrogen-bond acceptors (Lipinski definition) is 1. The second-order valence-electron chi connectivity index (χ2n) is 12.1. The van der Waals surface area contributed by atoms with Crippen molar-refractivity contribution >= 4 is 43.4 Å². The number of hydrogen-bond donors (Lipinski definition) is 0. The molecule has 2 heterocycles. The standard InChI is InChI=1S/C44H27NO/c1-2-15-31(16-3-1)45-39-22-8-6-19-37(39)43-38(27-30-12-4-5-17-33(30)44(43)45)29-14-10-13-28(26-29)32-24-25-41-42-35(32)20-11-21-36(42)34-18-7-9-23-40(34)46-41/h1-27H. The number of ether oxygens (including phenoxy) is 1. The molecule has 0 N–H and O–H groups in total.